The molecule has 3 heterocycles. The molecule has 0 unspecified atom stereocenters. The quantitative estimate of drug-likeness (QED) is 0.189. The van der Waals surface area contributed by atoms with Crippen molar-refractivity contribution in [3.05, 3.63) is 52.5 Å². The Bertz CT molecular complexity index is 1350. The first-order chi connectivity index (χ1) is 16.6. The largest absolute Gasteiger partial charge is 0.451 e. The predicted molar refractivity (Wildman–Crippen MR) is 132 cm³/mol. The number of nitrogens with zero attached hydrogens (tertiary/aromatic N) is 4. The smallest absolute Gasteiger partial charge is 0.287 e. The maximum atomic E-state index is 12.6. The fourth-order valence-electron chi connectivity index (χ4n) is 3.39. The van der Waals surface area contributed by atoms with E-state index in [2.05, 4.69) is 25.7 Å². The van der Waals surface area contributed by atoms with Crippen LogP contribution in [0.1, 0.15) is 24.4 Å². The second kappa shape index (κ2) is 11.1. The van der Waals surface area contributed by atoms with Gasteiger partial charge in [0.25, 0.3) is 5.91 Å². The minimum atomic E-state index is -0.463. The fraction of sp³-hybridized carbons (Fsp3) is 0.348. The van der Waals surface area contributed by atoms with Gasteiger partial charge in [-0.05, 0) is 24.8 Å². The van der Waals surface area contributed by atoms with Crippen LogP contribution in [0.5, 0.6) is 0 Å². The summed E-state index contributed by atoms with van der Waals surface area (Å²) in [6.45, 7) is 6.51. The van der Waals surface area contributed by atoms with Gasteiger partial charge in [0.2, 0.25) is 0 Å². The van der Waals surface area contributed by atoms with Gasteiger partial charge < -0.3 is 19.8 Å². The molecule has 0 spiro atoms. The van der Waals surface area contributed by atoms with Gasteiger partial charge >= 0.3 is 0 Å². The molecule has 4 rings (SSSR count). The molecular formula is C23H26N6O4S. The zero-order chi connectivity index (χ0) is 23.9. The van der Waals surface area contributed by atoms with Crippen LogP contribution in [-0.2, 0) is 11.3 Å². The van der Waals surface area contributed by atoms with Crippen molar-refractivity contribution >= 4 is 45.5 Å². The number of hydrogen-bond acceptors (Lipinski definition) is 9. The van der Waals surface area contributed by atoms with E-state index in [0.29, 0.717) is 53.9 Å². The van der Waals surface area contributed by atoms with E-state index in [1.807, 2.05) is 13.8 Å². The number of amides is 1. The number of aromatic nitrogens is 4. The number of rotatable bonds is 11. The molecule has 4 aromatic rings. The highest BCUT2D eigenvalue weighted by molar-refractivity contribution is 7.99. The van der Waals surface area contributed by atoms with E-state index < -0.39 is 5.91 Å². The van der Waals surface area contributed by atoms with Crippen LogP contribution in [-0.4, -0.2) is 57.7 Å². The maximum Gasteiger partial charge on any atom is 0.287 e. The minimum absolute atomic E-state index is 0.0289. The topological polar surface area (TPSA) is 124 Å². The van der Waals surface area contributed by atoms with Crippen LogP contribution in [0.4, 0.5) is 5.82 Å². The first kappa shape index (κ1) is 23.7. The number of fused-ring (bicyclic) bond motifs is 2. The predicted octanol–water partition coefficient (Wildman–Crippen LogP) is 2.92. The SMILES string of the molecule is CCOCCNc1nc(SCC)nc2c1cnn2CCNC(=O)c1cc(=O)c2ccccc2o1. The summed E-state index contributed by atoms with van der Waals surface area (Å²) in [7, 11) is 0. The second-order valence-electron chi connectivity index (χ2n) is 7.24. The molecule has 1 amide bonds. The molecule has 11 heteroatoms. The van der Waals surface area contributed by atoms with Gasteiger partial charge in [0.1, 0.15) is 11.4 Å². The second-order valence-corrected chi connectivity index (χ2v) is 8.47. The molecule has 34 heavy (non-hydrogen) atoms. The molecule has 10 nitrogen and oxygen atoms in total. The average molecular weight is 483 g/mol. The van der Waals surface area contributed by atoms with Crippen LogP contribution >= 0.6 is 11.8 Å². The molecule has 1 aromatic carbocycles. The monoisotopic (exact) mass is 482 g/mol. The van der Waals surface area contributed by atoms with Crippen molar-refractivity contribution in [2.75, 3.05) is 37.4 Å². The Morgan fingerprint density at radius 3 is 2.85 bits per heavy atom. The number of anilines is 1. The lowest BCUT2D eigenvalue weighted by Gasteiger charge is -2.10. The number of carbonyl (C=O) groups excluding carboxylic acids is 1. The first-order valence-electron chi connectivity index (χ1n) is 11.1. The molecule has 0 saturated carbocycles. The zero-order valence-electron chi connectivity index (χ0n) is 19.0. The third-order valence-electron chi connectivity index (χ3n) is 4.96. The van der Waals surface area contributed by atoms with Crippen LogP contribution in [0.2, 0.25) is 0 Å². The van der Waals surface area contributed by atoms with E-state index in [1.165, 1.54) is 6.07 Å². The van der Waals surface area contributed by atoms with Crippen LogP contribution in [0.15, 0.2) is 50.9 Å². The molecule has 0 radical (unpaired) electrons. The summed E-state index contributed by atoms with van der Waals surface area (Å²) in [5, 5.41) is 12.4. The van der Waals surface area contributed by atoms with Crippen LogP contribution in [0.3, 0.4) is 0 Å². The van der Waals surface area contributed by atoms with Crippen molar-refractivity contribution in [2.45, 2.75) is 25.5 Å². The molecule has 178 valence electrons. The lowest BCUT2D eigenvalue weighted by Crippen LogP contribution is -2.28. The Kier molecular flexibility index (Phi) is 7.76. The first-order valence-corrected chi connectivity index (χ1v) is 12.1. The standard InChI is InChI=1S/C23H26N6O4S/c1-3-32-12-10-24-20-16-14-26-29(21(16)28-23(27-20)34-4-2)11-9-25-22(31)19-13-17(30)15-7-5-6-8-18(15)33-19/h5-8,13-14H,3-4,9-12H2,1-2H3,(H,25,31)(H,24,27,28). The molecule has 2 N–H and O–H groups in total. The number of ether oxygens (including phenoxy) is 1. The lowest BCUT2D eigenvalue weighted by molar-refractivity contribution is 0.0925. The molecule has 0 aliphatic carbocycles. The number of thioether (sulfide) groups is 1. The van der Waals surface area contributed by atoms with Crippen molar-refractivity contribution in [3.63, 3.8) is 0 Å². The highest BCUT2D eigenvalue weighted by Crippen LogP contribution is 2.24. The van der Waals surface area contributed by atoms with Crippen LogP contribution in [0, 0.1) is 0 Å². The van der Waals surface area contributed by atoms with E-state index in [9.17, 15) is 9.59 Å². The Morgan fingerprint density at radius 2 is 2.03 bits per heavy atom. The van der Waals surface area contributed by atoms with Crippen molar-refractivity contribution in [1.82, 2.24) is 25.1 Å². The third kappa shape index (κ3) is 5.37. The number of carbonyl (C=O) groups is 1. The fourth-order valence-corrected chi connectivity index (χ4v) is 3.96. The van der Waals surface area contributed by atoms with Crippen molar-refractivity contribution in [3.8, 4) is 0 Å². The van der Waals surface area contributed by atoms with E-state index >= 15 is 0 Å². The normalized spacial score (nSPS) is 11.2. The van der Waals surface area contributed by atoms with Crippen molar-refractivity contribution in [1.29, 1.82) is 0 Å². The number of para-hydroxylation sites is 1. The molecule has 0 bridgehead atoms. The summed E-state index contributed by atoms with van der Waals surface area (Å²) < 4.78 is 12.7. The number of benzene rings is 1. The van der Waals surface area contributed by atoms with Gasteiger partial charge in [-0.15, -0.1) is 0 Å². The maximum absolute atomic E-state index is 12.6. The van der Waals surface area contributed by atoms with E-state index in [4.69, 9.17) is 9.15 Å². The molecule has 0 aliphatic rings. The molecule has 0 saturated heterocycles. The zero-order valence-corrected chi connectivity index (χ0v) is 19.9. The third-order valence-corrected chi connectivity index (χ3v) is 5.69. The Balaban J connectivity index is 1.47. The summed E-state index contributed by atoms with van der Waals surface area (Å²) >= 11 is 1.54. The van der Waals surface area contributed by atoms with Gasteiger partial charge in [-0.1, -0.05) is 30.8 Å². The lowest BCUT2D eigenvalue weighted by atomic mass is 10.2. The van der Waals surface area contributed by atoms with Gasteiger partial charge in [-0.2, -0.15) is 5.10 Å². The molecule has 0 fully saturated rings. The number of nitrogens with one attached hydrogen (secondary N) is 2. The highest BCUT2D eigenvalue weighted by atomic mass is 32.2. The Labute approximate surface area is 200 Å². The van der Waals surface area contributed by atoms with E-state index in [-0.39, 0.29) is 17.7 Å². The molecular weight excluding hydrogens is 456 g/mol. The van der Waals surface area contributed by atoms with Gasteiger partial charge in [0.15, 0.2) is 22.0 Å². The minimum Gasteiger partial charge on any atom is -0.451 e. The Hall–Kier alpha value is -3.44. The van der Waals surface area contributed by atoms with Crippen LogP contribution in [0.25, 0.3) is 22.0 Å². The van der Waals surface area contributed by atoms with Gasteiger partial charge in [0, 0.05) is 25.8 Å². The summed E-state index contributed by atoms with van der Waals surface area (Å²) in [4.78, 5) is 34.1. The molecule has 0 aliphatic heterocycles. The summed E-state index contributed by atoms with van der Waals surface area (Å²) in [5.74, 6) is 1.05. The average Bonchev–Trinajstić information content (AvgIpc) is 3.25. The summed E-state index contributed by atoms with van der Waals surface area (Å²) in [5.41, 5.74) is 0.795. The van der Waals surface area contributed by atoms with Gasteiger partial charge in [0.05, 0.1) is 30.1 Å². The highest BCUT2D eigenvalue weighted by Gasteiger charge is 2.15. The van der Waals surface area contributed by atoms with Crippen molar-refractivity contribution in [2.24, 2.45) is 0 Å². The summed E-state index contributed by atoms with van der Waals surface area (Å²) in [6.07, 6.45) is 1.71. The summed E-state index contributed by atoms with van der Waals surface area (Å²) in [6, 6.07) is 8.04. The van der Waals surface area contributed by atoms with E-state index in [0.717, 1.165) is 11.1 Å². The number of hydrogen-bond donors (Lipinski definition) is 2. The molecule has 0 atom stereocenters. The van der Waals surface area contributed by atoms with E-state index in [1.54, 1.807) is 46.9 Å². The van der Waals surface area contributed by atoms with Gasteiger partial charge in [-0.25, -0.2) is 14.6 Å². The van der Waals surface area contributed by atoms with Crippen molar-refractivity contribution < 1.29 is 13.9 Å². The Morgan fingerprint density at radius 1 is 1.18 bits per heavy atom. The molecule has 3 aromatic heterocycles. The van der Waals surface area contributed by atoms with Gasteiger partial charge in [-0.3, -0.25) is 9.59 Å². The van der Waals surface area contributed by atoms with Crippen LogP contribution < -0.4 is 16.1 Å².